The third-order valence-corrected chi connectivity index (χ3v) is 11.7. The molecule has 0 amide bonds. The summed E-state index contributed by atoms with van der Waals surface area (Å²) < 4.78 is 123. The zero-order chi connectivity index (χ0) is 46.6. The van der Waals surface area contributed by atoms with Gasteiger partial charge in [-0.2, -0.15) is 25.3 Å². The van der Waals surface area contributed by atoms with Gasteiger partial charge in [-0.15, -0.1) is 30.7 Å². The maximum atomic E-state index is 12.6. The van der Waals surface area contributed by atoms with Gasteiger partial charge in [0.2, 0.25) is 0 Å². The van der Waals surface area contributed by atoms with Crippen LogP contribution in [0.5, 0.6) is 28.7 Å². The maximum Gasteiger partial charge on any atom is 0.296 e. The highest BCUT2D eigenvalue weighted by atomic mass is 32.2. The lowest BCUT2D eigenvalue weighted by Crippen LogP contribution is -2.03. The van der Waals surface area contributed by atoms with E-state index in [4.69, 9.17) is 24.7 Å². The fourth-order valence-corrected chi connectivity index (χ4v) is 7.79. The number of phenolic OH excluding ortho intramolecular Hbond substituents is 1. The average Bonchev–Trinajstić information content (AvgIpc) is 3.25. The molecule has 0 saturated heterocycles. The number of nitrogens with one attached hydrogen (secondary N) is 1. The number of phenols is 1. The summed E-state index contributed by atoms with van der Waals surface area (Å²) in [6.07, 6.45) is 0. The molecule has 0 unspecified atom stereocenters. The molecule has 334 valence electrons. The van der Waals surface area contributed by atoms with E-state index in [0.717, 1.165) is 23.8 Å². The van der Waals surface area contributed by atoms with Crippen molar-refractivity contribution in [1.82, 2.24) is 0 Å². The van der Waals surface area contributed by atoms with E-state index in [0.29, 0.717) is 24.0 Å². The Morgan fingerprint density at radius 1 is 0.531 bits per heavy atom. The summed E-state index contributed by atoms with van der Waals surface area (Å²) in [5, 5.41) is 39.4. The number of fused-ring (bicyclic) bond motifs is 1. The molecular formula is C39H36N8O14S3. The first kappa shape index (κ1) is 46.2. The van der Waals surface area contributed by atoms with E-state index in [2.05, 4.69) is 36.0 Å². The number of nitrogens with zero attached hydrogens (tertiary/aromatic N) is 6. The molecule has 0 aromatic heterocycles. The molecule has 6 aromatic rings. The number of hydrogen-bond donors (Lipinski definition) is 6. The number of rotatable bonds is 16. The van der Waals surface area contributed by atoms with Crippen molar-refractivity contribution in [3.63, 3.8) is 0 Å². The highest BCUT2D eigenvalue weighted by Crippen LogP contribution is 2.46. The minimum absolute atomic E-state index is 0.0138. The zero-order valence-corrected chi connectivity index (χ0v) is 36.2. The quantitative estimate of drug-likeness (QED) is 0.0300. The summed E-state index contributed by atoms with van der Waals surface area (Å²) in [6, 6.07) is 20.8. The number of azo groups is 3. The van der Waals surface area contributed by atoms with Gasteiger partial charge in [0, 0.05) is 47.6 Å². The van der Waals surface area contributed by atoms with Gasteiger partial charge in [-0.1, -0.05) is 12.1 Å². The number of anilines is 2. The molecule has 0 atom stereocenters. The Bertz CT molecular complexity index is 3220. The molecule has 6 rings (SSSR count). The topological polar surface area (TPSA) is 332 Å². The van der Waals surface area contributed by atoms with Crippen molar-refractivity contribution in [2.75, 3.05) is 39.5 Å². The number of aromatic hydroxyl groups is 1. The first-order valence-electron chi connectivity index (χ1n) is 18.0. The second kappa shape index (κ2) is 18.6. The van der Waals surface area contributed by atoms with Gasteiger partial charge in [-0.05, 0) is 65.5 Å². The van der Waals surface area contributed by atoms with Crippen LogP contribution in [-0.2, 0) is 36.9 Å². The average molecular weight is 937 g/mol. The Kier molecular flexibility index (Phi) is 13.4. The van der Waals surface area contributed by atoms with E-state index in [-0.39, 0.29) is 56.5 Å². The first-order valence-corrected chi connectivity index (χ1v) is 22.3. The van der Waals surface area contributed by atoms with Crippen LogP contribution >= 0.6 is 0 Å². The highest BCUT2D eigenvalue weighted by molar-refractivity contribution is 7.87. The smallest absolute Gasteiger partial charge is 0.296 e. The van der Waals surface area contributed by atoms with Crippen molar-refractivity contribution in [1.29, 1.82) is 0 Å². The molecule has 0 heterocycles. The number of hydrogen-bond acceptors (Lipinski definition) is 19. The molecule has 64 heavy (non-hydrogen) atoms. The van der Waals surface area contributed by atoms with E-state index in [1.165, 1.54) is 52.7 Å². The molecule has 0 spiro atoms. The van der Waals surface area contributed by atoms with E-state index < -0.39 is 62.2 Å². The zero-order valence-electron chi connectivity index (χ0n) is 33.7. The van der Waals surface area contributed by atoms with E-state index in [1.807, 2.05) is 12.1 Å². The third kappa shape index (κ3) is 10.5. The van der Waals surface area contributed by atoms with Gasteiger partial charge in [0.15, 0.2) is 5.75 Å². The lowest BCUT2D eigenvalue weighted by Gasteiger charge is -2.12. The van der Waals surface area contributed by atoms with Crippen molar-refractivity contribution in [2.24, 2.45) is 30.7 Å². The number of benzene rings is 6. The fourth-order valence-electron chi connectivity index (χ4n) is 5.90. The van der Waals surface area contributed by atoms with Crippen LogP contribution in [0.4, 0.5) is 45.5 Å². The molecule has 6 aromatic carbocycles. The predicted octanol–water partition coefficient (Wildman–Crippen LogP) is 8.76. The Hall–Kier alpha value is -7.29. The van der Waals surface area contributed by atoms with Gasteiger partial charge in [0.1, 0.15) is 66.9 Å². The Morgan fingerprint density at radius 3 is 1.45 bits per heavy atom. The minimum Gasteiger partial charge on any atom is -0.505 e. The van der Waals surface area contributed by atoms with Crippen LogP contribution in [0.1, 0.15) is 5.56 Å². The van der Waals surface area contributed by atoms with Gasteiger partial charge in [-0.3, -0.25) is 13.7 Å². The Labute approximate surface area is 365 Å². The van der Waals surface area contributed by atoms with Crippen LogP contribution in [-0.4, -0.2) is 72.5 Å². The van der Waals surface area contributed by atoms with Crippen molar-refractivity contribution >= 4 is 86.6 Å². The lowest BCUT2D eigenvalue weighted by atomic mass is 10.1. The van der Waals surface area contributed by atoms with E-state index in [1.54, 1.807) is 30.3 Å². The van der Waals surface area contributed by atoms with Gasteiger partial charge in [-0.25, -0.2) is 0 Å². The molecule has 0 saturated carbocycles. The first-order chi connectivity index (χ1) is 30.2. The number of methoxy groups -OCH3 is 4. The number of ether oxygens (including phenoxy) is 4. The molecule has 25 heteroatoms. The molecule has 22 nitrogen and oxygen atoms in total. The fraction of sp³-hybridized carbons (Fsp3) is 0.128. The molecule has 0 aliphatic rings. The lowest BCUT2D eigenvalue weighted by molar-refractivity contribution is 0.403. The van der Waals surface area contributed by atoms with Crippen LogP contribution in [0.2, 0.25) is 0 Å². The van der Waals surface area contributed by atoms with Crippen LogP contribution in [0, 0.1) is 0 Å². The molecule has 7 N–H and O–H groups in total. The van der Waals surface area contributed by atoms with Crippen LogP contribution < -0.4 is 30.0 Å². The van der Waals surface area contributed by atoms with Crippen molar-refractivity contribution < 1.29 is 63.0 Å². The number of nitrogens with two attached hydrogens (primary N) is 1. The van der Waals surface area contributed by atoms with Gasteiger partial charge >= 0.3 is 0 Å². The molecule has 0 aliphatic heterocycles. The predicted molar refractivity (Wildman–Crippen MR) is 231 cm³/mol. The summed E-state index contributed by atoms with van der Waals surface area (Å²) in [7, 11) is -9.61. The highest BCUT2D eigenvalue weighted by Gasteiger charge is 2.24. The van der Waals surface area contributed by atoms with Crippen LogP contribution in [0.3, 0.4) is 0 Å². The largest absolute Gasteiger partial charge is 0.505 e. The summed E-state index contributed by atoms with van der Waals surface area (Å²) in [5.41, 5.74) is 6.98. The molecule has 0 bridgehead atoms. The van der Waals surface area contributed by atoms with Crippen LogP contribution in [0.25, 0.3) is 10.8 Å². The summed E-state index contributed by atoms with van der Waals surface area (Å²) in [4.78, 5) is -2.49. The normalized spacial score (nSPS) is 12.4. The van der Waals surface area contributed by atoms with Gasteiger partial charge < -0.3 is 35.1 Å². The van der Waals surface area contributed by atoms with Crippen molar-refractivity contribution in [3.8, 4) is 28.7 Å². The SMILES string of the molecule is COc1cc(N=Nc2ccc(S(=O)(=O)O)cc2S(=O)(=O)O)c(OC)cc1N=Nc1cc(OC)c(N=Nc2c(S(=O)(=O)O)cc3cc(NCc4ccc(N)cc4)ccc3c2O)cc1OC. The monoisotopic (exact) mass is 936 g/mol. The third-order valence-electron chi connectivity index (χ3n) is 9.06. The standard InChI is InChI=1S/C39H36N8O14S3/c1-58-32-17-29(33(59-2)16-28(32)43-42-27-12-10-25(62(49,50)51)15-36(27)63(52,53)54)44-45-30-18-35(61-4)31(19-34(30)60-3)46-47-38-37(64(55,56)57)14-22-13-24(9-11-26(22)39(38)48)41-20-21-5-7-23(40)8-6-21/h5-19,41,48H,20,40H2,1-4H3,(H,49,50,51)(H,52,53,54)(H,55,56,57). The summed E-state index contributed by atoms with van der Waals surface area (Å²) in [5.74, 6) is -0.389. The van der Waals surface area contributed by atoms with Gasteiger partial charge in [0.05, 0.1) is 33.3 Å². The second-order valence-electron chi connectivity index (χ2n) is 13.1. The van der Waals surface area contributed by atoms with E-state index >= 15 is 0 Å². The Morgan fingerprint density at radius 2 is 1.00 bits per heavy atom. The maximum absolute atomic E-state index is 12.6. The molecule has 0 aliphatic carbocycles. The minimum atomic E-state index is -5.03. The Balaban J connectivity index is 1.31. The molecular weight excluding hydrogens is 901 g/mol. The summed E-state index contributed by atoms with van der Waals surface area (Å²) in [6.45, 7) is 0.418. The van der Waals surface area contributed by atoms with Gasteiger partial charge in [0.25, 0.3) is 30.4 Å². The van der Waals surface area contributed by atoms with Crippen molar-refractivity contribution in [3.05, 3.63) is 96.6 Å². The van der Waals surface area contributed by atoms with Crippen LogP contribution in [0.15, 0.2) is 136 Å². The summed E-state index contributed by atoms with van der Waals surface area (Å²) >= 11 is 0. The number of nitrogen functional groups attached to an aromatic ring is 1. The molecule has 0 radical (unpaired) electrons. The molecule has 0 fully saturated rings. The van der Waals surface area contributed by atoms with Crippen molar-refractivity contribution in [2.45, 2.75) is 21.2 Å². The second-order valence-corrected chi connectivity index (χ2v) is 17.4. The van der Waals surface area contributed by atoms with E-state index in [9.17, 15) is 44.0 Å².